The smallest absolute Gasteiger partial charge is 0.272 e. The van der Waals surface area contributed by atoms with Crippen LogP contribution in [0, 0.1) is 6.92 Å². The second-order valence-corrected chi connectivity index (χ2v) is 8.36. The van der Waals surface area contributed by atoms with Crippen LogP contribution in [0.25, 0.3) is 0 Å². The monoisotopic (exact) mass is 422 g/mol. The van der Waals surface area contributed by atoms with Crippen molar-refractivity contribution in [3.05, 3.63) is 40.7 Å². The number of primary amides is 1. The van der Waals surface area contributed by atoms with Gasteiger partial charge in [-0.05, 0) is 37.1 Å². The lowest BCUT2D eigenvalue weighted by Crippen LogP contribution is -2.30. The second-order valence-electron chi connectivity index (χ2n) is 6.42. The topological polar surface area (TPSA) is 146 Å². The van der Waals surface area contributed by atoms with Gasteiger partial charge >= 0.3 is 0 Å². The molecule has 2 rings (SSSR count). The van der Waals surface area contributed by atoms with Gasteiger partial charge in [0, 0.05) is 18.8 Å². The number of anilines is 1. The number of nitrogens with one attached hydrogen (secondary N) is 2. The molecule has 1 aromatic heterocycles. The number of rotatable bonds is 8. The first-order chi connectivity index (χ1) is 13.6. The Morgan fingerprint density at radius 1 is 1.21 bits per heavy atom. The molecule has 0 aliphatic rings. The molecule has 0 aliphatic heterocycles. The van der Waals surface area contributed by atoms with Crippen LogP contribution in [-0.2, 0) is 16.4 Å². The van der Waals surface area contributed by atoms with Crippen molar-refractivity contribution in [2.75, 3.05) is 18.4 Å². The van der Waals surface area contributed by atoms with E-state index in [9.17, 15) is 23.1 Å². The summed E-state index contributed by atoms with van der Waals surface area (Å²) in [5.74, 6) is -1.55. The number of carbonyl (C=O) groups is 2. The highest BCUT2D eigenvalue weighted by Crippen LogP contribution is 2.29. The van der Waals surface area contributed by atoms with E-state index < -0.39 is 21.8 Å². The molecule has 2 amide bonds. The van der Waals surface area contributed by atoms with Crippen LogP contribution in [0.2, 0.25) is 0 Å². The predicted octanol–water partition coefficient (Wildman–Crippen LogP) is 1.97. The number of aromatic hydroxyl groups is 1. The van der Waals surface area contributed by atoms with Crippen LogP contribution in [0.1, 0.15) is 52.9 Å². The number of nitrogens with zero attached hydrogens (tertiary/aromatic N) is 1. The van der Waals surface area contributed by atoms with Crippen molar-refractivity contribution in [3.63, 3.8) is 0 Å². The van der Waals surface area contributed by atoms with Gasteiger partial charge in [0.2, 0.25) is 10.0 Å². The lowest BCUT2D eigenvalue weighted by Gasteiger charge is -2.19. The van der Waals surface area contributed by atoms with Gasteiger partial charge in [0.05, 0.1) is 16.1 Å². The highest BCUT2D eigenvalue weighted by Gasteiger charge is 2.25. The van der Waals surface area contributed by atoms with Gasteiger partial charge in [0.25, 0.3) is 11.8 Å². The maximum atomic E-state index is 12.8. The zero-order chi connectivity index (χ0) is 21.9. The third-order valence-corrected chi connectivity index (χ3v) is 6.72. The molecule has 0 bridgehead atoms. The molecule has 1 heterocycles. The summed E-state index contributed by atoms with van der Waals surface area (Å²) < 4.78 is 26.7. The fourth-order valence-corrected chi connectivity index (χ4v) is 4.72. The number of aryl methyl sites for hydroxylation is 1. The normalized spacial score (nSPS) is 11.6. The fraction of sp³-hybridized carbons (Fsp3) is 0.368. The van der Waals surface area contributed by atoms with Crippen molar-refractivity contribution in [3.8, 4) is 5.75 Å². The van der Waals surface area contributed by atoms with Gasteiger partial charge in [-0.2, -0.15) is 4.31 Å². The summed E-state index contributed by atoms with van der Waals surface area (Å²) in [7, 11) is -3.77. The molecule has 0 spiro atoms. The molecule has 158 valence electrons. The number of benzene rings is 1. The summed E-state index contributed by atoms with van der Waals surface area (Å²) in [5.41, 5.74) is 6.65. The van der Waals surface area contributed by atoms with E-state index in [1.165, 1.54) is 22.5 Å². The van der Waals surface area contributed by atoms with Crippen molar-refractivity contribution >= 4 is 27.5 Å². The Morgan fingerprint density at radius 2 is 1.83 bits per heavy atom. The van der Waals surface area contributed by atoms with Crippen molar-refractivity contribution < 1.29 is 23.1 Å². The summed E-state index contributed by atoms with van der Waals surface area (Å²) in [4.78, 5) is 27.3. The number of aromatic amines is 1. The predicted molar refractivity (Wildman–Crippen MR) is 110 cm³/mol. The van der Waals surface area contributed by atoms with E-state index >= 15 is 0 Å². The Labute approximate surface area is 170 Å². The van der Waals surface area contributed by atoms with Crippen molar-refractivity contribution in [2.24, 2.45) is 5.73 Å². The number of hydrogen-bond acceptors (Lipinski definition) is 5. The number of carbonyl (C=O) groups excluding carboxylic acids is 2. The molecule has 10 heteroatoms. The van der Waals surface area contributed by atoms with E-state index in [1.807, 2.05) is 0 Å². The van der Waals surface area contributed by atoms with E-state index in [1.54, 1.807) is 27.7 Å². The number of nitrogens with two attached hydrogens (primary N) is 1. The molecule has 0 radical (unpaired) electrons. The van der Waals surface area contributed by atoms with Crippen LogP contribution < -0.4 is 11.1 Å². The van der Waals surface area contributed by atoms with Gasteiger partial charge in [-0.3, -0.25) is 9.59 Å². The molecule has 0 saturated heterocycles. The molecule has 0 atom stereocenters. The van der Waals surface area contributed by atoms with Crippen molar-refractivity contribution in [2.45, 2.75) is 39.0 Å². The van der Waals surface area contributed by atoms with Crippen LogP contribution in [-0.4, -0.2) is 47.7 Å². The number of sulfonamides is 1. The minimum absolute atomic E-state index is 0.0505. The Kier molecular flexibility index (Phi) is 6.70. The SMILES string of the molecule is CCc1c(C(=O)Nc2cc(S(=O)(=O)N(CC)CC)ccc2O)[nH]c(C)c1C(N)=O. The number of H-pyrrole nitrogens is 1. The quantitative estimate of drug-likeness (QED) is 0.481. The molecule has 0 unspecified atom stereocenters. The standard InChI is InChI=1S/C19H26N4O5S/c1-5-13-16(18(20)25)11(4)21-17(13)19(26)22-14-10-12(8-9-15(14)24)29(27,28)23(6-2)7-3/h8-10,21,24H,5-7H2,1-4H3,(H2,20,25)(H,22,26). The zero-order valence-corrected chi connectivity index (χ0v) is 17.7. The van der Waals surface area contributed by atoms with Crippen LogP contribution >= 0.6 is 0 Å². The van der Waals surface area contributed by atoms with Gasteiger partial charge in [0.1, 0.15) is 11.4 Å². The Morgan fingerprint density at radius 3 is 2.34 bits per heavy atom. The highest BCUT2D eigenvalue weighted by atomic mass is 32.2. The third kappa shape index (κ3) is 4.28. The summed E-state index contributed by atoms with van der Waals surface area (Å²) in [6, 6.07) is 3.69. The molecule has 2 aromatic rings. The molecule has 9 nitrogen and oxygen atoms in total. The lowest BCUT2D eigenvalue weighted by atomic mass is 10.1. The van der Waals surface area contributed by atoms with Gasteiger partial charge < -0.3 is 21.1 Å². The first kappa shape index (κ1) is 22.4. The van der Waals surface area contributed by atoms with E-state index in [-0.39, 0.29) is 27.6 Å². The molecule has 29 heavy (non-hydrogen) atoms. The van der Waals surface area contributed by atoms with Crippen molar-refractivity contribution in [1.82, 2.24) is 9.29 Å². The average molecular weight is 423 g/mol. The van der Waals surface area contributed by atoms with Crippen LogP contribution in [0.3, 0.4) is 0 Å². The van der Waals surface area contributed by atoms with Gasteiger partial charge in [-0.15, -0.1) is 0 Å². The van der Waals surface area contributed by atoms with E-state index in [0.29, 0.717) is 30.8 Å². The number of amides is 2. The van der Waals surface area contributed by atoms with Crippen molar-refractivity contribution in [1.29, 1.82) is 0 Å². The number of aromatic nitrogens is 1. The van der Waals surface area contributed by atoms with Crippen LogP contribution in [0.4, 0.5) is 5.69 Å². The zero-order valence-electron chi connectivity index (χ0n) is 16.9. The van der Waals surface area contributed by atoms with E-state index in [4.69, 9.17) is 5.73 Å². The summed E-state index contributed by atoms with van der Waals surface area (Å²) in [5, 5.41) is 12.6. The summed E-state index contributed by atoms with van der Waals surface area (Å²) in [6.07, 6.45) is 0.383. The minimum Gasteiger partial charge on any atom is -0.506 e. The van der Waals surface area contributed by atoms with Gasteiger partial charge in [-0.1, -0.05) is 20.8 Å². The average Bonchev–Trinajstić information content (AvgIpc) is 3.00. The maximum Gasteiger partial charge on any atom is 0.272 e. The van der Waals surface area contributed by atoms with Gasteiger partial charge in [-0.25, -0.2) is 8.42 Å². The second kappa shape index (κ2) is 8.66. The molecule has 0 saturated carbocycles. The fourth-order valence-electron chi connectivity index (χ4n) is 3.23. The summed E-state index contributed by atoms with van der Waals surface area (Å²) >= 11 is 0. The largest absolute Gasteiger partial charge is 0.506 e. The molecule has 0 aliphatic carbocycles. The minimum atomic E-state index is -3.77. The summed E-state index contributed by atoms with van der Waals surface area (Å²) in [6.45, 7) is 7.43. The molecular formula is C19H26N4O5S. The third-order valence-electron chi connectivity index (χ3n) is 4.68. The molecule has 5 N–H and O–H groups in total. The Balaban J connectivity index is 2.45. The first-order valence-corrected chi connectivity index (χ1v) is 10.7. The highest BCUT2D eigenvalue weighted by molar-refractivity contribution is 7.89. The Hall–Kier alpha value is -2.85. The number of phenolic OH excluding ortho intramolecular Hbond substituents is 1. The maximum absolute atomic E-state index is 12.8. The first-order valence-electron chi connectivity index (χ1n) is 9.24. The number of phenols is 1. The van der Waals surface area contributed by atoms with Gasteiger partial charge in [0.15, 0.2) is 0 Å². The van der Waals surface area contributed by atoms with E-state index in [0.717, 1.165) is 0 Å². The van der Waals surface area contributed by atoms with E-state index in [2.05, 4.69) is 10.3 Å². The Bertz CT molecular complexity index is 1040. The number of hydrogen-bond donors (Lipinski definition) is 4. The van der Waals surface area contributed by atoms with Crippen LogP contribution in [0.5, 0.6) is 5.75 Å². The molecule has 1 aromatic carbocycles. The van der Waals surface area contributed by atoms with Crippen LogP contribution in [0.15, 0.2) is 23.1 Å². The molecule has 0 fully saturated rings. The molecular weight excluding hydrogens is 396 g/mol. The lowest BCUT2D eigenvalue weighted by molar-refractivity contribution is 0.0998.